The molecule has 0 aromatic rings. The Bertz CT molecular complexity index is 743. The molecule has 32 heavy (non-hydrogen) atoms. The van der Waals surface area contributed by atoms with Crippen LogP contribution in [0, 0.1) is 17.3 Å². The first-order valence-corrected chi connectivity index (χ1v) is 12.1. The molecule has 0 radical (unpaired) electrons. The number of rotatable bonds is 5. The van der Waals surface area contributed by atoms with Gasteiger partial charge in [0, 0.05) is 5.57 Å². The first kappa shape index (κ1) is 25.4. The summed E-state index contributed by atoms with van der Waals surface area (Å²) in [5.41, 5.74) is 1.53. The Morgan fingerprint density at radius 2 is 1.97 bits per heavy atom. The van der Waals surface area contributed by atoms with Gasteiger partial charge in [-0.15, -0.1) is 0 Å². The molecule has 2 saturated carbocycles. The number of esters is 1. The monoisotopic (exact) mass is 450 g/mol. The van der Waals surface area contributed by atoms with Crippen molar-refractivity contribution < 1.29 is 29.2 Å². The molecule has 0 spiro atoms. The van der Waals surface area contributed by atoms with Gasteiger partial charge in [0.25, 0.3) is 0 Å². The van der Waals surface area contributed by atoms with Gasteiger partial charge < -0.3 is 24.4 Å². The second-order valence-corrected chi connectivity index (χ2v) is 10.9. The quantitative estimate of drug-likeness (QED) is 0.369. The molecule has 1 saturated heterocycles. The molecule has 2 aliphatic carbocycles. The first-order chi connectivity index (χ1) is 14.9. The molecular formula is C26H42O6. The Labute approximate surface area is 193 Å². The van der Waals surface area contributed by atoms with Gasteiger partial charge in [-0.05, 0) is 90.4 Å². The molecule has 3 aliphatic rings. The van der Waals surface area contributed by atoms with E-state index in [0.717, 1.165) is 25.7 Å². The van der Waals surface area contributed by atoms with Gasteiger partial charge in [-0.3, -0.25) is 0 Å². The summed E-state index contributed by atoms with van der Waals surface area (Å²) in [6.45, 7) is 16.0. The Morgan fingerprint density at radius 3 is 2.62 bits per heavy atom. The summed E-state index contributed by atoms with van der Waals surface area (Å²) < 4.78 is 17.9. The fourth-order valence-electron chi connectivity index (χ4n) is 5.80. The zero-order valence-electron chi connectivity index (χ0n) is 20.6. The average molecular weight is 451 g/mol. The normalized spacial score (nSPS) is 41.2. The standard InChI is InChI=1S/C26H42O6/c1-8-15(2)23(29)31-22-21(28)20(27)17(4)30-24(22)32-25(5,6)18-11-13-26(7)12-9-10-16(3)19(26)14-18/h8,17-22,24,27-28H,3,9-14H2,1-2,4-7H3. The van der Waals surface area contributed by atoms with Crippen LogP contribution in [0.2, 0.25) is 0 Å². The summed E-state index contributed by atoms with van der Waals surface area (Å²) in [6, 6.07) is 0. The maximum absolute atomic E-state index is 12.4. The largest absolute Gasteiger partial charge is 0.451 e. The van der Waals surface area contributed by atoms with Crippen LogP contribution in [0.5, 0.6) is 0 Å². The molecule has 182 valence electrons. The van der Waals surface area contributed by atoms with Crippen molar-refractivity contribution in [2.24, 2.45) is 17.3 Å². The van der Waals surface area contributed by atoms with Gasteiger partial charge in [0.15, 0.2) is 12.4 Å². The number of fused-ring (bicyclic) bond motifs is 1. The van der Waals surface area contributed by atoms with Gasteiger partial charge in [0.2, 0.25) is 0 Å². The minimum absolute atomic E-state index is 0.284. The fraction of sp³-hybridized carbons (Fsp3) is 0.808. The van der Waals surface area contributed by atoms with Gasteiger partial charge in [0.1, 0.15) is 12.2 Å². The summed E-state index contributed by atoms with van der Waals surface area (Å²) >= 11 is 0. The Balaban J connectivity index is 1.77. The van der Waals surface area contributed by atoms with E-state index in [1.165, 1.54) is 18.4 Å². The highest BCUT2D eigenvalue weighted by Crippen LogP contribution is 2.55. The molecule has 8 atom stereocenters. The molecule has 3 rings (SSSR count). The van der Waals surface area contributed by atoms with Crippen LogP contribution in [-0.2, 0) is 19.0 Å². The number of hydrogen-bond donors (Lipinski definition) is 2. The lowest BCUT2D eigenvalue weighted by Crippen LogP contribution is -2.61. The van der Waals surface area contributed by atoms with Crippen molar-refractivity contribution in [3.05, 3.63) is 23.8 Å². The van der Waals surface area contributed by atoms with Crippen molar-refractivity contribution in [2.75, 3.05) is 0 Å². The summed E-state index contributed by atoms with van der Waals surface area (Å²) in [7, 11) is 0. The van der Waals surface area contributed by atoms with Gasteiger partial charge >= 0.3 is 5.97 Å². The molecule has 0 amide bonds. The van der Waals surface area contributed by atoms with E-state index in [-0.39, 0.29) is 5.92 Å². The van der Waals surface area contributed by atoms with Crippen molar-refractivity contribution in [1.82, 2.24) is 0 Å². The third-order valence-corrected chi connectivity index (χ3v) is 8.35. The molecule has 1 aliphatic heterocycles. The van der Waals surface area contributed by atoms with E-state index in [2.05, 4.69) is 13.5 Å². The van der Waals surface area contributed by atoms with E-state index < -0.39 is 42.3 Å². The molecule has 2 N–H and O–H groups in total. The van der Waals surface area contributed by atoms with E-state index in [4.69, 9.17) is 14.2 Å². The smallest absolute Gasteiger partial charge is 0.333 e. The third-order valence-electron chi connectivity index (χ3n) is 8.35. The molecule has 6 nitrogen and oxygen atoms in total. The number of hydrogen-bond acceptors (Lipinski definition) is 6. The highest BCUT2D eigenvalue weighted by atomic mass is 16.7. The zero-order valence-corrected chi connectivity index (χ0v) is 20.6. The van der Waals surface area contributed by atoms with Crippen LogP contribution < -0.4 is 0 Å². The van der Waals surface area contributed by atoms with E-state index in [1.54, 1.807) is 26.8 Å². The molecule has 0 aromatic heterocycles. The molecule has 3 fully saturated rings. The summed E-state index contributed by atoms with van der Waals surface area (Å²) in [4.78, 5) is 12.4. The van der Waals surface area contributed by atoms with Crippen LogP contribution >= 0.6 is 0 Å². The lowest BCUT2D eigenvalue weighted by molar-refractivity contribution is -0.325. The third kappa shape index (κ3) is 4.98. The van der Waals surface area contributed by atoms with Gasteiger partial charge in [-0.1, -0.05) is 25.2 Å². The summed E-state index contributed by atoms with van der Waals surface area (Å²) in [5, 5.41) is 21.0. The Morgan fingerprint density at radius 1 is 1.28 bits per heavy atom. The number of carbonyl (C=O) groups excluding carboxylic acids is 1. The SMILES string of the molecule is C=C1CCCC2(C)CCC(C(C)(C)OC3OC(C)C(O)C(O)C3OC(=O)C(C)=CC)CC12. The van der Waals surface area contributed by atoms with Crippen LogP contribution in [0.3, 0.4) is 0 Å². The summed E-state index contributed by atoms with van der Waals surface area (Å²) in [5.74, 6) is 0.217. The van der Waals surface area contributed by atoms with Crippen molar-refractivity contribution >= 4 is 5.97 Å². The number of allylic oxidation sites excluding steroid dienone is 2. The fourth-order valence-corrected chi connectivity index (χ4v) is 5.80. The molecule has 6 heteroatoms. The number of ether oxygens (including phenoxy) is 3. The molecule has 8 unspecified atom stereocenters. The predicted octanol–water partition coefficient (Wildman–Crippen LogP) is 4.29. The lowest BCUT2D eigenvalue weighted by Gasteiger charge is -2.52. The number of aliphatic hydroxyl groups is 2. The highest BCUT2D eigenvalue weighted by Gasteiger charge is 2.51. The van der Waals surface area contributed by atoms with E-state index in [0.29, 0.717) is 16.9 Å². The van der Waals surface area contributed by atoms with Crippen LogP contribution in [0.25, 0.3) is 0 Å². The van der Waals surface area contributed by atoms with Gasteiger partial charge in [-0.2, -0.15) is 0 Å². The van der Waals surface area contributed by atoms with Crippen molar-refractivity contribution in [3.63, 3.8) is 0 Å². The van der Waals surface area contributed by atoms with E-state index >= 15 is 0 Å². The van der Waals surface area contributed by atoms with Gasteiger partial charge in [0.05, 0.1) is 11.7 Å². The van der Waals surface area contributed by atoms with E-state index in [1.807, 2.05) is 13.8 Å². The molecular weight excluding hydrogens is 408 g/mol. The average Bonchev–Trinajstić information content (AvgIpc) is 2.73. The maximum Gasteiger partial charge on any atom is 0.333 e. The zero-order chi connectivity index (χ0) is 23.8. The molecule has 0 bridgehead atoms. The van der Waals surface area contributed by atoms with Crippen LogP contribution in [0.15, 0.2) is 23.8 Å². The highest BCUT2D eigenvalue weighted by molar-refractivity contribution is 5.87. The van der Waals surface area contributed by atoms with Crippen molar-refractivity contribution in [2.45, 2.75) is 116 Å². The van der Waals surface area contributed by atoms with Crippen LogP contribution in [0.1, 0.15) is 80.1 Å². The minimum Gasteiger partial charge on any atom is -0.451 e. The topological polar surface area (TPSA) is 85.2 Å². The van der Waals surface area contributed by atoms with Crippen LogP contribution in [0.4, 0.5) is 0 Å². The number of aliphatic hydroxyl groups excluding tert-OH is 2. The minimum atomic E-state index is -1.29. The number of carbonyl (C=O) groups is 1. The Hall–Kier alpha value is -1.21. The second kappa shape index (κ2) is 9.57. The first-order valence-electron chi connectivity index (χ1n) is 12.1. The van der Waals surface area contributed by atoms with Gasteiger partial charge in [-0.25, -0.2) is 4.79 Å². The van der Waals surface area contributed by atoms with Crippen molar-refractivity contribution in [1.29, 1.82) is 0 Å². The lowest BCUT2D eigenvalue weighted by atomic mass is 9.55. The van der Waals surface area contributed by atoms with E-state index in [9.17, 15) is 15.0 Å². The maximum atomic E-state index is 12.4. The summed E-state index contributed by atoms with van der Waals surface area (Å²) in [6.07, 6.45) is 3.24. The van der Waals surface area contributed by atoms with Crippen LogP contribution in [-0.4, -0.2) is 52.5 Å². The molecule has 0 aromatic carbocycles. The predicted molar refractivity (Wildman–Crippen MR) is 123 cm³/mol. The van der Waals surface area contributed by atoms with Crippen molar-refractivity contribution in [3.8, 4) is 0 Å². The Kier molecular flexibility index (Phi) is 7.60. The second-order valence-electron chi connectivity index (χ2n) is 10.9. The molecule has 1 heterocycles.